The molecule has 2 amide bonds. The Morgan fingerprint density at radius 2 is 1.94 bits per heavy atom. The van der Waals surface area contributed by atoms with Crippen LogP contribution in [0.25, 0.3) is 11.1 Å². The Morgan fingerprint density at radius 1 is 1.18 bits per heavy atom. The van der Waals surface area contributed by atoms with E-state index in [9.17, 15) is 9.59 Å². The largest absolute Gasteiger partial charge is 0.361 e. The molecule has 0 aromatic carbocycles. The molecule has 0 bridgehead atoms. The van der Waals surface area contributed by atoms with E-state index in [0.717, 1.165) is 48.3 Å². The summed E-state index contributed by atoms with van der Waals surface area (Å²) < 4.78 is 6.87. The molecule has 0 saturated heterocycles. The molecule has 2 N–H and O–H groups in total. The summed E-state index contributed by atoms with van der Waals surface area (Å²) in [6, 6.07) is 4.66. The highest BCUT2D eigenvalue weighted by molar-refractivity contribution is 6.00. The van der Waals surface area contributed by atoms with Gasteiger partial charge in [0.05, 0.1) is 5.69 Å². The smallest absolute Gasteiger partial charge is 0.270 e. The lowest BCUT2D eigenvalue weighted by atomic mass is 9.79. The van der Waals surface area contributed by atoms with Crippen LogP contribution in [0.2, 0.25) is 0 Å². The van der Waals surface area contributed by atoms with Crippen LogP contribution < -0.4 is 10.6 Å². The van der Waals surface area contributed by atoms with E-state index in [2.05, 4.69) is 32.8 Å². The summed E-state index contributed by atoms with van der Waals surface area (Å²) >= 11 is 0. The average Bonchev–Trinajstić information content (AvgIpc) is 3.45. The molecule has 0 radical (unpaired) electrons. The minimum absolute atomic E-state index is 0.0692. The minimum Gasteiger partial charge on any atom is -0.361 e. The van der Waals surface area contributed by atoms with Gasteiger partial charge in [-0.05, 0) is 63.6 Å². The maximum Gasteiger partial charge on any atom is 0.270 e. The van der Waals surface area contributed by atoms with E-state index < -0.39 is 6.04 Å². The lowest BCUT2D eigenvalue weighted by Crippen LogP contribution is -2.49. The first-order valence-electron chi connectivity index (χ1n) is 11.9. The van der Waals surface area contributed by atoms with E-state index in [0.29, 0.717) is 24.0 Å². The Kier molecular flexibility index (Phi) is 7.09. The molecule has 9 heteroatoms. The van der Waals surface area contributed by atoms with Gasteiger partial charge in [-0.2, -0.15) is 5.10 Å². The van der Waals surface area contributed by atoms with Crippen LogP contribution in [0.1, 0.15) is 61.5 Å². The van der Waals surface area contributed by atoms with Gasteiger partial charge in [-0.25, -0.2) is 4.98 Å². The number of nitrogens with zero attached hydrogens (tertiary/aromatic N) is 4. The highest BCUT2D eigenvalue weighted by Crippen LogP contribution is 2.31. The number of carbonyl (C=O) groups is 2. The molecule has 1 atom stereocenters. The van der Waals surface area contributed by atoms with Crippen molar-refractivity contribution in [3.8, 4) is 11.1 Å². The van der Waals surface area contributed by atoms with Gasteiger partial charge in [-0.1, -0.05) is 24.9 Å². The Morgan fingerprint density at radius 3 is 2.56 bits per heavy atom. The maximum absolute atomic E-state index is 13.4. The van der Waals surface area contributed by atoms with Gasteiger partial charge in [0.2, 0.25) is 5.91 Å². The Hall–Kier alpha value is -3.49. The topological polar surface area (TPSA) is 115 Å². The van der Waals surface area contributed by atoms with Gasteiger partial charge in [-0.3, -0.25) is 14.3 Å². The maximum atomic E-state index is 13.4. The zero-order chi connectivity index (χ0) is 24.2. The summed E-state index contributed by atoms with van der Waals surface area (Å²) in [4.78, 5) is 30.8. The zero-order valence-electron chi connectivity index (χ0n) is 20.2. The van der Waals surface area contributed by atoms with Crippen molar-refractivity contribution >= 4 is 17.6 Å². The molecule has 0 spiro atoms. The van der Waals surface area contributed by atoms with Gasteiger partial charge in [0.1, 0.15) is 23.3 Å². The number of pyridine rings is 1. The summed E-state index contributed by atoms with van der Waals surface area (Å²) in [6.45, 7) is 8.47. The van der Waals surface area contributed by atoms with Crippen LogP contribution in [0.4, 0.5) is 5.82 Å². The van der Waals surface area contributed by atoms with Crippen LogP contribution in [0.3, 0.4) is 0 Å². The summed E-state index contributed by atoms with van der Waals surface area (Å²) in [5, 5.41) is 14.1. The van der Waals surface area contributed by atoms with Gasteiger partial charge in [0, 0.05) is 30.1 Å². The second-order valence-electron chi connectivity index (χ2n) is 9.12. The molecule has 1 aliphatic carbocycles. The fourth-order valence-corrected chi connectivity index (χ4v) is 4.72. The standard InChI is InChI=1S/C25H32N6O3/c1-5-31-20(12-13-27-31)24(32)29-23(18-8-6-15(2)7-9-18)25(33)28-21-11-10-19(14-26-21)22-16(3)30-34-17(22)4/h10-15,18,23H,5-9H2,1-4H3,(H,29,32)(H,26,28,33)/t15-,18-,23-/m0/s1. The first-order valence-corrected chi connectivity index (χ1v) is 11.9. The van der Waals surface area contributed by atoms with E-state index in [4.69, 9.17) is 4.52 Å². The molecule has 34 heavy (non-hydrogen) atoms. The van der Waals surface area contributed by atoms with Crippen molar-refractivity contribution in [2.45, 2.75) is 66.0 Å². The van der Waals surface area contributed by atoms with E-state index in [1.54, 1.807) is 29.2 Å². The second kappa shape index (κ2) is 10.2. The van der Waals surface area contributed by atoms with Crippen LogP contribution in [0.5, 0.6) is 0 Å². The molecular weight excluding hydrogens is 432 g/mol. The van der Waals surface area contributed by atoms with Gasteiger partial charge < -0.3 is 15.2 Å². The number of anilines is 1. The Labute approximate surface area is 199 Å². The third-order valence-corrected chi connectivity index (χ3v) is 6.69. The number of aryl methyl sites for hydroxylation is 3. The molecule has 180 valence electrons. The highest BCUT2D eigenvalue weighted by Gasteiger charge is 2.33. The van der Waals surface area contributed by atoms with Gasteiger partial charge in [0.15, 0.2) is 0 Å². The van der Waals surface area contributed by atoms with Gasteiger partial charge >= 0.3 is 0 Å². The molecular formula is C25H32N6O3. The van der Waals surface area contributed by atoms with E-state index >= 15 is 0 Å². The predicted molar refractivity (Wildman–Crippen MR) is 128 cm³/mol. The number of nitrogens with one attached hydrogen (secondary N) is 2. The number of amides is 2. The van der Waals surface area contributed by atoms with Crippen molar-refractivity contribution in [3.63, 3.8) is 0 Å². The van der Waals surface area contributed by atoms with Crippen molar-refractivity contribution < 1.29 is 14.1 Å². The number of carbonyl (C=O) groups excluding carboxylic acids is 2. The minimum atomic E-state index is -0.649. The van der Waals surface area contributed by atoms with Crippen molar-refractivity contribution in [1.82, 2.24) is 25.2 Å². The first-order chi connectivity index (χ1) is 16.4. The van der Waals surface area contributed by atoms with Crippen LogP contribution in [-0.4, -0.2) is 37.8 Å². The summed E-state index contributed by atoms with van der Waals surface area (Å²) in [5.41, 5.74) is 3.01. The summed E-state index contributed by atoms with van der Waals surface area (Å²) in [5.74, 6) is 1.31. The monoisotopic (exact) mass is 464 g/mol. The molecule has 3 aromatic rings. The van der Waals surface area contributed by atoms with Crippen LogP contribution in [0.15, 0.2) is 35.1 Å². The lowest BCUT2D eigenvalue weighted by Gasteiger charge is -2.32. The SMILES string of the molecule is CCn1nccc1C(=O)N[C@H](C(=O)Nc1ccc(-c2c(C)noc2C)cn1)[C@H]1CC[C@H](C)CC1. The number of hydrogen-bond acceptors (Lipinski definition) is 6. The van der Waals surface area contributed by atoms with E-state index in [-0.39, 0.29) is 17.7 Å². The molecule has 9 nitrogen and oxygen atoms in total. The Bertz CT molecular complexity index is 1120. The predicted octanol–water partition coefficient (Wildman–Crippen LogP) is 4.13. The molecule has 1 saturated carbocycles. The van der Waals surface area contributed by atoms with E-state index in [1.165, 1.54) is 0 Å². The molecule has 0 unspecified atom stereocenters. The summed E-state index contributed by atoms with van der Waals surface area (Å²) in [6.07, 6.45) is 7.16. The number of rotatable bonds is 7. The first kappa shape index (κ1) is 23.7. The molecule has 1 aliphatic rings. The van der Waals surface area contributed by atoms with Crippen molar-refractivity contribution in [2.75, 3.05) is 5.32 Å². The average molecular weight is 465 g/mol. The zero-order valence-corrected chi connectivity index (χ0v) is 20.2. The second-order valence-corrected chi connectivity index (χ2v) is 9.12. The van der Waals surface area contributed by atoms with Crippen LogP contribution in [0, 0.1) is 25.7 Å². The number of aromatic nitrogens is 4. The lowest BCUT2D eigenvalue weighted by molar-refractivity contribution is -0.119. The number of hydrogen-bond donors (Lipinski definition) is 2. The Balaban J connectivity index is 1.51. The molecule has 3 heterocycles. The fraction of sp³-hybridized carbons (Fsp3) is 0.480. The quantitative estimate of drug-likeness (QED) is 0.543. The van der Waals surface area contributed by atoms with Crippen LogP contribution in [-0.2, 0) is 11.3 Å². The van der Waals surface area contributed by atoms with Gasteiger partial charge in [0.25, 0.3) is 5.91 Å². The van der Waals surface area contributed by atoms with E-state index in [1.807, 2.05) is 26.8 Å². The molecule has 0 aliphatic heterocycles. The van der Waals surface area contributed by atoms with Crippen molar-refractivity contribution in [3.05, 3.63) is 47.7 Å². The molecule has 4 rings (SSSR count). The van der Waals surface area contributed by atoms with Crippen LogP contribution >= 0.6 is 0 Å². The highest BCUT2D eigenvalue weighted by atomic mass is 16.5. The third kappa shape index (κ3) is 5.03. The fourth-order valence-electron chi connectivity index (χ4n) is 4.72. The molecule has 3 aromatic heterocycles. The summed E-state index contributed by atoms with van der Waals surface area (Å²) in [7, 11) is 0. The van der Waals surface area contributed by atoms with Crippen molar-refractivity contribution in [1.29, 1.82) is 0 Å². The molecule has 1 fully saturated rings. The normalized spacial score (nSPS) is 18.9. The third-order valence-electron chi connectivity index (χ3n) is 6.69. The van der Waals surface area contributed by atoms with Crippen molar-refractivity contribution in [2.24, 2.45) is 11.8 Å². The van der Waals surface area contributed by atoms with Gasteiger partial charge in [-0.15, -0.1) is 0 Å².